The van der Waals surface area contributed by atoms with Crippen LogP contribution in [0.4, 0.5) is 0 Å². The molecule has 0 radical (unpaired) electrons. The predicted molar refractivity (Wildman–Crippen MR) is 96.0 cm³/mol. The Morgan fingerprint density at radius 1 is 0.800 bits per heavy atom. The lowest BCUT2D eigenvalue weighted by Crippen LogP contribution is -1.74. The molecule has 0 atom stereocenters. The fourth-order valence-corrected chi connectivity index (χ4v) is 1.28. The highest BCUT2D eigenvalue weighted by Crippen LogP contribution is 2.05. The van der Waals surface area contributed by atoms with E-state index in [4.69, 9.17) is 0 Å². The van der Waals surface area contributed by atoms with E-state index < -0.39 is 0 Å². The van der Waals surface area contributed by atoms with Crippen molar-refractivity contribution in [3.05, 3.63) is 72.9 Å². The van der Waals surface area contributed by atoms with E-state index in [-0.39, 0.29) is 0 Å². The van der Waals surface area contributed by atoms with Gasteiger partial charge >= 0.3 is 0 Å². The van der Waals surface area contributed by atoms with Crippen LogP contribution in [-0.4, -0.2) is 0 Å². The van der Waals surface area contributed by atoms with Crippen LogP contribution in [0.2, 0.25) is 0 Å². The summed E-state index contributed by atoms with van der Waals surface area (Å²) in [5.41, 5.74) is 4.99. The third-order valence-electron chi connectivity index (χ3n) is 2.67. The van der Waals surface area contributed by atoms with Gasteiger partial charge in [0.15, 0.2) is 0 Å². The minimum absolute atomic E-state index is 1.04. The second-order valence-electron chi connectivity index (χ2n) is 5.33. The lowest BCUT2D eigenvalue weighted by atomic mass is 10.1. The molecule has 0 unspecified atom stereocenters. The second kappa shape index (κ2) is 13.9. The predicted octanol–water partition coefficient (Wildman–Crippen LogP) is 6.95. The molecule has 0 aromatic carbocycles. The van der Waals surface area contributed by atoms with Crippen LogP contribution in [0.15, 0.2) is 72.9 Å². The van der Waals surface area contributed by atoms with E-state index in [2.05, 4.69) is 66.2 Å². The molecule has 0 nitrogen and oxygen atoms in total. The summed E-state index contributed by atoms with van der Waals surface area (Å²) in [6.07, 6.45) is 12.4. The van der Waals surface area contributed by atoms with E-state index in [1.165, 1.54) is 16.7 Å². The Hall–Kier alpha value is -1.56. The minimum atomic E-state index is 1.04. The van der Waals surface area contributed by atoms with Gasteiger partial charge in [-0.3, -0.25) is 0 Å². The van der Waals surface area contributed by atoms with Crippen molar-refractivity contribution in [2.24, 2.45) is 0 Å². The molecule has 0 heterocycles. The number of rotatable bonds is 8. The van der Waals surface area contributed by atoms with Gasteiger partial charge in [0.25, 0.3) is 0 Å². The van der Waals surface area contributed by atoms with Crippen molar-refractivity contribution in [2.45, 2.75) is 53.4 Å². The molecular weight excluding hydrogens is 240 g/mol. The van der Waals surface area contributed by atoms with Crippen molar-refractivity contribution in [3.8, 4) is 0 Å². The zero-order chi connectivity index (χ0) is 16.0. The van der Waals surface area contributed by atoms with Crippen LogP contribution in [0.3, 0.4) is 0 Å². The summed E-state index contributed by atoms with van der Waals surface area (Å²) in [5, 5.41) is 0. The zero-order valence-electron chi connectivity index (χ0n) is 14.0. The molecule has 112 valence electrons. The van der Waals surface area contributed by atoms with E-state index in [0.717, 1.165) is 31.3 Å². The smallest absolute Gasteiger partial charge is 0.0250 e. The summed E-state index contributed by atoms with van der Waals surface area (Å²) in [5.74, 6) is 0. The molecule has 0 aromatic heterocycles. The van der Waals surface area contributed by atoms with E-state index in [1.807, 2.05) is 12.2 Å². The zero-order valence-corrected chi connectivity index (χ0v) is 14.0. The number of hydrogen-bond acceptors (Lipinski definition) is 0. The van der Waals surface area contributed by atoms with Crippen LogP contribution in [0, 0.1) is 0 Å². The molecule has 0 aliphatic carbocycles. The Morgan fingerprint density at radius 3 is 1.75 bits per heavy atom. The molecule has 0 fully saturated rings. The first-order valence-electron chi connectivity index (χ1n) is 7.20. The Morgan fingerprint density at radius 2 is 1.35 bits per heavy atom. The summed E-state index contributed by atoms with van der Waals surface area (Å²) in [6.45, 7) is 23.3. The highest BCUT2D eigenvalue weighted by Gasteiger charge is 1.85. The molecule has 0 heteroatoms. The van der Waals surface area contributed by atoms with Gasteiger partial charge in [0.1, 0.15) is 0 Å². The summed E-state index contributed by atoms with van der Waals surface area (Å²) in [4.78, 5) is 0. The van der Waals surface area contributed by atoms with Gasteiger partial charge in [0.2, 0.25) is 0 Å². The molecule has 20 heavy (non-hydrogen) atoms. The number of hydrogen-bond donors (Lipinski definition) is 0. The molecule has 0 saturated heterocycles. The molecule has 0 amide bonds. The molecule has 0 spiro atoms. The summed E-state index contributed by atoms with van der Waals surface area (Å²) >= 11 is 0. The van der Waals surface area contributed by atoms with Gasteiger partial charge in [0.05, 0.1) is 0 Å². The van der Waals surface area contributed by atoms with Gasteiger partial charge in [-0.1, -0.05) is 66.3 Å². The van der Waals surface area contributed by atoms with Crippen LogP contribution in [-0.2, 0) is 0 Å². The largest absolute Gasteiger partial charge is 0.100 e. The van der Waals surface area contributed by atoms with Crippen LogP contribution < -0.4 is 0 Å². The van der Waals surface area contributed by atoms with Gasteiger partial charge in [0, 0.05) is 0 Å². The Kier molecular flexibility index (Phi) is 14.4. The van der Waals surface area contributed by atoms with Gasteiger partial charge in [-0.25, -0.2) is 0 Å². The summed E-state index contributed by atoms with van der Waals surface area (Å²) in [6, 6.07) is 0. The van der Waals surface area contributed by atoms with Gasteiger partial charge < -0.3 is 0 Å². The molecule has 0 N–H and O–H groups in total. The van der Waals surface area contributed by atoms with Crippen molar-refractivity contribution >= 4 is 0 Å². The molecule has 0 rings (SSSR count). The third-order valence-corrected chi connectivity index (χ3v) is 2.67. The molecule has 0 saturated carbocycles. The monoisotopic (exact) mass is 272 g/mol. The van der Waals surface area contributed by atoms with Crippen LogP contribution in [0.25, 0.3) is 0 Å². The van der Waals surface area contributed by atoms with Crippen molar-refractivity contribution < 1.29 is 0 Å². The molecule has 0 aromatic rings. The van der Waals surface area contributed by atoms with Crippen LogP contribution >= 0.6 is 0 Å². The van der Waals surface area contributed by atoms with Crippen LogP contribution in [0.5, 0.6) is 0 Å². The lowest BCUT2D eigenvalue weighted by molar-refractivity contribution is 0.977. The van der Waals surface area contributed by atoms with Gasteiger partial charge in [-0.15, -0.1) is 6.58 Å². The maximum absolute atomic E-state index is 3.82. The summed E-state index contributed by atoms with van der Waals surface area (Å²) in [7, 11) is 0. The molecule has 0 bridgehead atoms. The first-order chi connectivity index (χ1) is 9.33. The SMILES string of the molecule is C=CC(=C)CCC=C(C)C.C=CC(C)=CCCC(=C)C. The van der Waals surface area contributed by atoms with Crippen LogP contribution in [0.1, 0.15) is 53.4 Å². The molecule has 0 aliphatic heterocycles. The van der Waals surface area contributed by atoms with Crippen molar-refractivity contribution in [2.75, 3.05) is 0 Å². The van der Waals surface area contributed by atoms with Crippen molar-refractivity contribution in [1.82, 2.24) is 0 Å². The fraction of sp³-hybridized carbons (Fsp3) is 0.400. The van der Waals surface area contributed by atoms with E-state index in [1.54, 1.807) is 0 Å². The number of allylic oxidation sites excluding steroid dienone is 8. The van der Waals surface area contributed by atoms with Crippen molar-refractivity contribution in [1.29, 1.82) is 0 Å². The van der Waals surface area contributed by atoms with E-state index in [9.17, 15) is 0 Å². The highest BCUT2D eigenvalue weighted by atomic mass is 13.9. The quantitative estimate of drug-likeness (QED) is 0.331. The second-order valence-corrected chi connectivity index (χ2v) is 5.33. The Bertz CT molecular complexity index is 371. The Labute approximate surface area is 127 Å². The maximum Gasteiger partial charge on any atom is -0.0250 e. The van der Waals surface area contributed by atoms with Gasteiger partial charge in [-0.05, 0) is 53.4 Å². The standard InChI is InChI=1S/2C10H16/c2*1-5-10(4)8-6-7-9(2)3/h5,7H,1,4,6,8H2,2-3H3;5,8H,1-2,6-7H2,3-4H3. The fourth-order valence-electron chi connectivity index (χ4n) is 1.28. The first kappa shape index (κ1) is 20.8. The normalized spacial score (nSPS) is 9.90. The summed E-state index contributed by atoms with van der Waals surface area (Å²) < 4.78 is 0. The lowest BCUT2D eigenvalue weighted by Gasteiger charge is -1.94. The maximum atomic E-state index is 3.82. The topological polar surface area (TPSA) is 0 Å². The van der Waals surface area contributed by atoms with E-state index >= 15 is 0 Å². The Balaban J connectivity index is 0. The molecular formula is C20H32. The average molecular weight is 272 g/mol. The minimum Gasteiger partial charge on any atom is -0.100 e. The van der Waals surface area contributed by atoms with E-state index in [0.29, 0.717) is 0 Å². The third kappa shape index (κ3) is 18.8. The highest BCUT2D eigenvalue weighted by molar-refractivity contribution is 5.13. The molecule has 0 aliphatic rings. The van der Waals surface area contributed by atoms with Crippen molar-refractivity contribution in [3.63, 3.8) is 0 Å². The first-order valence-corrected chi connectivity index (χ1v) is 7.20. The average Bonchev–Trinajstić information content (AvgIpc) is 2.38. The van der Waals surface area contributed by atoms with Gasteiger partial charge in [-0.2, -0.15) is 0 Å².